The topological polar surface area (TPSA) is 67.6 Å². The number of esters is 1. The van der Waals surface area contributed by atoms with Crippen LogP contribution in [0.25, 0.3) is 11.1 Å². The molecule has 2 aliphatic rings. The van der Waals surface area contributed by atoms with Crippen LogP contribution in [0.2, 0.25) is 0 Å². The highest BCUT2D eigenvalue weighted by Gasteiger charge is 2.29. The van der Waals surface area contributed by atoms with Crippen molar-refractivity contribution < 1.29 is 14.6 Å². The van der Waals surface area contributed by atoms with E-state index in [1.54, 1.807) is 11.6 Å². The number of nitrogens with zero attached hydrogens (tertiary/aromatic N) is 3. The molecule has 0 fully saturated rings. The zero-order valence-electron chi connectivity index (χ0n) is 17.8. The van der Waals surface area contributed by atoms with E-state index in [0.717, 1.165) is 37.2 Å². The predicted molar refractivity (Wildman–Crippen MR) is 118 cm³/mol. The molecule has 0 amide bonds. The number of aliphatic hydroxyl groups excluding tert-OH is 1. The molecule has 2 heterocycles. The van der Waals surface area contributed by atoms with Gasteiger partial charge in [0.15, 0.2) is 5.69 Å². The summed E-state index contributed by atoms with van der Waals surface area (Å²) in [7, 11) is 0. The number of hydrogen-bond donors (Lipinski definition) is 1. The molecule has 1 aliphatic heterocycles. The van der Waals surface area contributed by atoms with E-state index in [2.05, 4.69) is 52.5 Å². The lowest BCUT2D eigenvalue weighted by Crippen LogP contribution is -2.31. The van der Waals surface area contributed by atoms with E-state index in [1.807, 2.05) is 0 Å². The smallest absolute Gasteiger partial charge is 0.359 e. The fourth-order valence-corrected chi connectivity index (χ4v) is 4.88. The molecule has 0 saturated heterocycles. The SMILES string of the molecule is CCOC(=O)c1nn(CCO)c2c1CN(Cc1ccc3c(c1)Cc1ccccc1-3)CC2. The normalized spacial score (nSPS) is 14.8. The van der Waals surface area contributed by atoms with Crippen LogP contribution in [-0.4, -0.2) is 45.5 Å². The highest BCUT2D eigenvalue weighted by atomic mass is 16.5. The summed E-state index contributed by atoms with van der Waals surface area (Å²) in [4.78, 5) is 14.8. The van der Waals surface area contributed by atoms with Crippen molar-refractivity contribution in [1.29, 1.82) is 0 Å². The molecular weight excluding hydrogens is 390 g/mol. The summed E-state index contributed by atoms with van der Waals surface area (Å²) in [5.74, 6) is -0.382. The van der Waals surface area contributed by atoms with Gasteiger partial charge in [0.05, 0.1) is 19.8 Å². The van der Waals surface area contributed by atoms with E-state index < -0.39 is 0 Å². The molecule has 0 unspecified atom stereocenters. The molecule has 6 heteroatoms. The lowest BCUT2D eigenvalue weighted by atomic mass is 10.0. The molecule has 31 heavy (non-hydrogen) atoms. The Labute approximate surface area is 182 Å². The van der Waals surface area contributed by atoms with Crippen LogP contribution in [0.5, 0.6) is 0 Å². The first kappa shape index (κ1) is 20.0. The number of hydrogen-bond acceptors (Lipinski definition) is 5. The fraction of sp³-hybridized carbons (Fsp3) is 0.360. The first-order chi connectivity index (χ1) is 15.2. The first-order valence-electron chi connectivity index (χ1n) is 11.0. The monoisotopic (exact) mass is 417 g/mol. The minimum Gasteiger partial charge on any atom is -0.461 e. The van der Waals surface area contributed by atoms with Crippen molar-refractivity contribution in [3.05, 3.63) is 76.1 Å². The van der Waals surface area contributed by atoms with Gasteiger partial charge in [-0.25, -0.2) is 4.79 Å². The molecule has 3 aromatic rings. The highest BCUT2D eigenvalue weighted by molar-refractivity contribution is 5.89. The minimum absolute atomic E-state index is 0.00237. The van der Waals surface area contributed by atoms with E-state index in [-0.39, 0.29) is 12.6 Å². The van der Waals surface area contributed by atoms with Crippen LogP contribution in [-0.2, 0) is 37.2 Å². The van der Waals surface area contributed by atoms with Crippen molar-refractivity contribution in [2.45, 2.75) is 39.4 Å². The summed E-state index contributed by atoms with van der Waals surface area (Å²) in [5.41, 5.74) is 9.13. The van der Waals surface area contributed by atoms with Crippen LogP contribution < -0.4 is 0 Å². The Morgan fingerprint density at radius 2 is 2.00 bits per heavy atom. The molecule has 0 bridgehead atoms. The number of fused-ring (bicyclic) bond motifs is 4. The van der Waals surface area contributed by atoms with Gasteiger partial charge in [-0.1, -0.05) is 42.5 Å². The van der Waals surface area contributed by atoms with Gasteiger partial charge in [0.1, 0.15) is 0 Å². The Bertz CT molecular complexity index is 1140. The summed E-state index contributed by atoms with van der Waals surface area (Å²) < 4.78 is 6.99. The molecule has 0 saturated carbocycles. The van der Waals surface area contributed by atoms with Crippen LogP contribution in [0.15, 0.2) is 42.5 Å². The van der Waals surface area contributed by atoms with Gasteiger partial charge >= 0.3 is 5.97 Å². The predicted octanol–water partition coefficient (Wildman–Crippen LogP) is 3.18. The number of carbonyl (C=O) groups is 1. The standard InChI is InChI=1S/C25H27N3O3/c1-2-31-25(30)24-22-16-27(10-9-23(22)28(26-24)11-12-29)15-17-7-8-21-19(13-17)14-18-5-3-4-6-20(18)21/h3-8,13,29H,2,9-12,14-16H2,1H3. The van der Waals surface area contributed by atoms with Gasteiger partial charge in [-0.2, -0.15) is 5.10 Å². The molecule has 0 spiro atoms. The number of ether oxygens (including phenoxy) is 1. The Kier molecular flexibility index (Phi) is 5.34. The average molecular weight is 418 g/mol. The van der Waals surface area contributed by atoms with Crippen molar-refractivity contribution in [1.82, 2.24) is 14.7 Å². The molecule has 6 nitrogen and oxygen atoms in total. The van der Waals surface area contributed by atoms with Gasteiger partial charge in [0.25, 0.3) is 0 Å². The summed E-state index contributed by atoms with van der Waals surface area (Å²) in [6, 6.07) is 15.4. The largest absolute Gasteiger partial charge is 0.461 e. The highest BCUT2D eigenvalue weighted by Crippen LogP contribution is 2.37. The second-order valence-electron chi connectivity index (χ2n) is 8.23. The molecule has 5 rings (SSSR count). The van der Waals surface area contributed by atoms with E-state index in [1.165, 1.54) is 27.8 Å². The Morgan fingerprint density at radius 3 is 2.84 bits per heavy atom. The summed E-state index contributed by atoms with van der Waals surface area (Å²) >= 11 is 0. The third kappa shape index (κ3) is 3.66. The van der Waals surface area contributed by atoms with Gasteiger partial charge in [0.2, 0.25) is 0 Å². The minimum atomic E-state index is -0.382. The second kappa shape index (κ2) is 8.29. The van der Waals surface area contributed by atoms with Gasteiger partial charge in [-0.15, -0.1) is 0 Å². The van der Waals surface area contributed by atoms with Crippen molar-refractivity contribution in [2.24, 2.45) is 0 Å². The van der Waals surface area contributed by atoms with Gasteiger partial charge in [-0.05, 0) is 41.2 Å². The quantitative estimate of drug-likeness (QED) is 0.488. The molecule has 1 N–H and O–H groups in total. The van der Waals surface area contributed by atoms with Crippen molar-refractivity contribution in [3.63, 3.8) is 0 Å². The average Bonchev–Trinajstić information content (AvgIpc) is 3.32. The van der Waals surface area contributed by atoms with Crippen molar-refractivity contribution >= 4 is 5.97 Å². The molecule has 160 valence electrons. The molecular formula is C25H27N3O3. The molecule has 0 atom stereocenters. The lowest BCUT2D eigenvalue weighted by molar-refractivity contribution is 0.0515. The lowest BCUT2D eigenvalue weighted by Gasteiger charge is -2.28. The Hall–Kier alpha value is -2.96. The zero-order chi connectivity index (χ0) is 21.4. The third-order valence-electron chi connectivity index (χ3n) is 6.26. The number of benzene rings is 2. The van der Waals surface area contributed by atoms with Crippen molar-refractivity contribution in [3.8, 4) is 11.1 Å². The maximum absolute atomic E-state index is 12.5. The first-order valence-corrected chi connectivity index (χ1v) is 11.0. The molecule has 2 aromatic carbocycles. The van der Waals surface area contributed by atoms with Crippen LogP contribution in [0.3, 0.4) is 0 Å². The van der Waals surface area contributed by atoms with Crippen molar-refractivity contribution in [2.75, 3.05) is 19.8 Å². The third-order valence-corrected chi connectivity index (χ3v) is 6.26. The van der Waals surface area contributed by atoms with Crippen LogP contribution in [0.1, 0.15) is 45.4 Å². The van der Waals surface area contributed by atoms with E-state index in [4.69, 9.17) is 4.74 Å². The molecule has 1 aliphatic carbocycles. The van der Waals surface area contributed by atoms with E-state index in [9.17, 15) is 9.90 Å². The zero-order valence-corrected chi connectivity index (χ0v) is 17.8. The fourth-order valence-electron chi connectivity index (χ4n) is 4.88. The van der Waals surface area contributed by atoms with E-state index >= 15 is 0 Å². The maximum Gasteiger partial charge on any atom is 0.359 e. The Balaban J connectivity index is 1.37. The van der Waals surface area contributed by atoms with Crippen LogP contribution in [0.4, 0.5) is 0 Å². The number of carbonyl (C=O) groups excluding carboxylic acids is 1. The maximum atomic E-state index is 12.5. The van der Waals surface area contributed by atoms with Crippen LogP contribution in [0, 0.1) is 0 Å². The Morgan fingerprint density at radius 1 is 1.16 bits per heavy atom. The number of aromatic nitrogens is 2. The summed E-state index contributed by atoms with van der Waals surface area (Å²) in [5, 5.41) is 13.8. The molecule has 0 radical (unpaired) electrons. The van der Waals surface area contributed by atoms with Gasteiger partial charge in [-0.3, -0.25) is 9.58 Å². The number of rotatable bonds is 6. The second-order valence-corrected chi connectivity index (χ2v) is 8.23. The van der Waals surface area contributed by atoms with Gasteiger partial charge < -0.3 is 9.84 Å². The summed E-state index contributed by atoms with van der Waals surface area (Å²) in [6.45, 7) is 4.90. The molecule has 1 aromatic heterocycles. The number of aliphatic hydroxyl groups is 1. The van der Waals surface area contributed by atoms with Gasteiger partial charge in [0, 0.05) is 37.3 Å². The van der Waals surface area contributed by atoms with E-state index in [0.29, 0.717) is 25.4 Å². The van der Waals surface area contributed by atoms with Crippen LogP contribution >= 0.6 is 0 Å². The summed E-state index contributed by atoms with van der Waals surface area (Å²) in [6.07, 6.45) is 1.79.